The van der Waals surface area contributed by atoms with Crippen molar-refractivity contribution in [3.63, 3.8) is 0 Å². The Hall–Kier alpha value is -0.0800. The highest BCUT2D eigenvalue weighted by atomic mass is 15.2. The van der Waals surface area contributed by atoms with Crippen molar-refractivity contribution in [3.05, 3.63) is 0 Å². The maximum Gasteiger partial charge on any atom is 0.0249 e. The molecule has 2 atom stereocenters. The topological polar surface area (TPSA) is 15.3 Å². The van der Waals surface area contributed by atoms with Crippen LogP contribution in [0.15, 0.2) is 0 Å². The lowest BCUT2D eigenvalue weighted by Gasteiger charge is -2.38. The van der Waals surface area contributed by atoms with Crippen LogP contribution in [0, 0.1) is 0 Å². The van der Waals surface area contributed by atoms with E-state index in [4.69, 9.17) is 0 Å². The molecule has 2 fully saturated rings. The molecule has 12 heavy (non-hydrogen) atoms. The monoisotopic (exact) mass is 168 g/mol. The summed E-state index contributed by atoms with van der Waals surface area (Å²) in [5.74, 6) is 0. The molecule has 0 amide bonds. The van der Waals surface area contributed by atoms with Crippen molar-refractivity contribution in [3.8, 4) is 0 Å². The van der Waals surface area contributed by atoms with Gasteiger partial charge in [-0.05, 0) is 25.8 Å². The average Bonchev–Trinajstić information content (AvgIpc) is 2.53. The van der Waals surface area contributed by atoms with Crippen molar-refractivity contribution in [2.24, 2.45) is 0 Å². The van der Waals surface area contributed by atoms with Gasteiger partial charge in [0.05, 0.1) is 0 Å². The molecule has 1 saturated carbocycles. The van der Waals surface area contributed by atoms with Crippen molar-refractivity contribution >= 4 is 0 Å². The molecule has 2 rings (SSSR count). The van der Waals surface area contributed by atoms with Crippen LogP contribution in [0.2, 0.25) is 0 Å². The second kappa shape index (κ2) is 3.75. The van der Waals surface area contributed by atoms with Crippen LogP contribution in [0.3, 0.4) is 0 Å². The van der Waals surface area contributed by atoms with Crippen LogP contribution >= 0.6 is 0 Å². The minimum atomic E-state index is 0.824. The zero-order valence-corrected chi connectivity index (χ0v) is 8.05. The molecule has 2 nitrogen and oxygen atoms in total. The Morgan fingerprint density at radius 1 is 1.42 bits per heavy atom. The minimum Gasteiger partial charge on any atom is -0.311 e. The first-order chi connectivity index (χ1) is 5.92. The average molecular weight is 168 g/mol. The SMILES string of the molecule is CCCN1CCN[C@@H]2CCC[C@H]21. The first-order valence-corrected chi connectivity index (χ1v) is 5.39. The molecule has 0 bridgehead atoms. The summed E-state index contributed by atoms with van der Waals surface area (Å²) in [5.41, 5.74) is 0. The largest absolute Gasteiger partial charge is 0.311 e. The molecule has 0 aromatic carbocycles. The molecule has 0 aromatic heterocycles. The molecule has 1 aliphatic heterocycles. The highest BCUT2D eigenvalue weighted by molar-refractivity contribution is 4.93. The molecular weight excluding hydrogens is 148 g/mol. The highest BCUT2D eigenvalue weighted by Crippen LogP contribution is 2.26. The number of hydrogen-bond acceptors (Lipinski definition) is 2. The molecule has 0 spiro atoms. The van der Waals surface area contributed by atoms with Crippen molar-refractivity contribution in [2.45, 2.75) is 44.7 Å². The van der Waals surface area contributed by atoms with Gasteiger partial charge in [-0.25, -0.2) is 0 Å². The summed E-state index contributed by atoms with van der Waals surface area (Å²) >= 11 is 0. The molecule has 1 saturated heterocycles. The predicted octanol–water partition coefficient (Wildman–Crippen LogP) is 1.22. The number of hydrogen-bond donors (Lipinski definition) is 1. The van der Waals surface area contributed by atoms with E-state index >= 15 is 0 Å². The molecule has 1 heterocycles. The van der Waals surface area contributed by atoms with Crippen LogP contribution in [0.25, 0.3) is 0 Å². The summed E-state index contributed by atoms with van der Waals surface area (Å²) in [7, 11) is 0. The van der Waals surface area contributed by atoms with Gasteiger partial charge in [0, 0.05) is 25.2 Å². The molecule has 2 aliphatic rings. The van der Waals surface area contributed by atoms with Gasteiger partial charge in [-0.3, -0.25) is 4.90 Å². The molecular formula is C10H20N2. The summed E-state index contributed by atoms with van der Waals surface area (Å²) in [4.78, 5) is 2.69. The van der Waals surface area contributed by atoms with Crippen molar-refractivity contribution in [1.29, 1.82) is 0 Å². The summed E-state index contributed by atoms with van der Waals surface area (Å²) in [5, 5.41) is 3.63. The third kappa shape index (κ3) is 1.50. The third-order valence-corrected chi connectivity index (χ3v) is 3.26. The van der Waals surface area contributed by atoms with Gasteiger partial charge in [-0.15, -0.1) is 0 Å². The van der Waals surface area contributed by atoms with E-state index in [0.29, 0.717) is 0 Å². The lowest BCUT2D eigenvalue weighted by Crippen LogP contribution is -2.55. The van der Waals surface area contributed by atoms with Gasteiger partial charge in [0.1, 0.15) is 0 Å². The quantitative estimate of drug-likeness (QED) is 0.667. The first kappa shape index (κ1) is 8.52. The maximum atomic E-state index is 3.63. The Balaban J connectivity index is 1.94. The summed E-state index contributed by atoms with van der Waals surface area (Å²) < 4.78 is 0. The Labute approximate surface area is 75.3 Å². The molecule has 2 heteroatoms. The Kier molecular flexibility index (Phi) is 2.66. The highest BCUT2D eigenvalue weighted by Gasteiger charge is 2.33. The second-order valence-electron chi connectivity index (χ2n) is 4.09. The molecule has 0 unspecified atom stereocenters. The van der Waals surface area contributed by atoms with E-state index < -0.39 is 0 Å². The smallest absolute Gasteiger partial charge is 0.0249 e. The van der Waals surface area contributed by atoms with E-state index in [1.54, 1.807) is 0 Å². The van der Waals surface area contributed by atoms with Crippen LogP contribution in [0.5, 0.6) is 0 Å². The second-order valence-corrected chi connectivity index (χ2v) is 4.09. The van der Waals surface area contributed by atoms with E-state index in [0.717, 1.165) is 12.1 Å². The number of piperazine rings is 1. The lowest BCUT2D eigenvalue weighted by atomic mass is 10.1. The summed E-state index contributed by atoms with van der Waals surface area (Å²) in [6.45, 7) is 6.07. The van der Waals surface area contributed by atoms with Crippen molar-refractivity contribution < 1.29 is 0 Å². The molecule has 70 valence electrons. The fourth-order valence-corrected chi connectivity index (χ4v) is 2.74. The molecule has 0 aromatic rings. The van der Waals surface area contributed by atoms with Gasteiger partial charge in [0.2, 0.25) is 0 Å². The first-order valence-electron chi connectivity index (χ1n) is 5.39. The number of nitrogens with zero attached hydrogens (tertiary/aromatic N) is 1. The van der Waals surface area contributed by atoms with Gasteiger partial charge in [-0.2, -0.15) is 0 Å². The maximum absolute atomic E-state index is 3.63. The number of nitrogens with one attached hydrogen (secondary N) is 1. The zero-order valence-electron chi connectivity index (χ0n) is 8.05. The van der Waals surface area contributed by atoms with E-state index in [1.165, 1.54) is 45.3 Å². The van der Waals surface area contributed by atoms with E-state index in [9.17, 15) is 0 Å². The predicted molar refractivity (Wildman–Crippen MR) is 51.3 cm³/mol. The Morgan fingerprint density at radius 2 is 2.33 bits per heavy atom. The van der Waals surface area contributed by atoms with E-state index in [2.05, 4.69) is 17.1 Å². The molecule has 1 aliphatic carbocycles. The van der Waals surface area contributed by atoms with Crippen LogP contribution in [0.1, 0.15) is 32.6 Å². The fraction of sp³-hybridized carbons (Fsp3) is 1.00. The van der Waals surface area contributed by atoms with E-state index in [1.807, 2.05) is 0 Å². The van der Waals surface area contributed by atoms with Gasteiger partial charge < -0.3 is 5.32 Å². The minimum absolute atomic E-state index is 0.824. The van der Waals surface area contributed by atoms with Crippen molar-refractivity contribution in [1.82, 2.24) is 10.2 Å². The van der Waals surface area contributed by atoms with Crippen LogP contribution in [-0.4, -0.2) is 36.6 Å². The van der Waals surface area contributed by atoms with Crippen LogP contribution in [-0.2, 0) is 0 Å². The van der Waals surface area contributed by atoms with Gasteiger partial charge in [-0.1, -0.05) is 13.3 Å². The van der Waals surface area contributed by atoms with Crippen molar-refractivity contribution in [2.75, 3.05) is 19.6 Å². The molecule has 0 radical (unpaired) electrons. The summed E-state index contributed by atoms with van der Waals surface area (Å²) in [6.07, 6.45) is 5.58. The lowest BCUT2D eigenvalue weighted by molar-refractivity contribution is 0.137. The van der Waals surface area contributed by atoms with Crippen LogP contribution < -0.4 is 5.32 Å². The van der Waals surface area contributed by atoms with Gasteiger partial charge in [0.25, 0.3) is 0 Å². The van der Waals surface area contributed by atoms with Gasteiger partial charge >= 0.3 is 0 Å². The normalized spacial score (nSPS) is 36.8. The standard InChI is InChI=1S/C10H20N2/c1-2-7-12-8-6-11-9-4-3-5-10(9)12/h9-11H,2-8H2,1H3/t9-,10-/m1/s1. The Morgan fingerprint density at radius 3 is 3.17 bits per heavy atom. The molecule has 1 N–H and O–H groups in total. The van der Waals surface area contributed by atoms with Crippen LogP contribution in [0.4, 0.5) is 0 Å². The Bertz CT molecular complexity index is 145. The van der Waals surface area contributed by atoms with E-state index in [-0.39, 0.29) is 0 Å². The number of rotatable bonds is 2. The third-order valence-electron chi connectivity index (χ3n) is 3.26. The van der Waals surface area contributed by atoms with Gasteiger partial charge in [0.15, 0.2) is 0 Å². The zero-order chi connectivity index (χ0) is 8.39. The fourth-order valence-electron chi connectivity index (χ4n) is 2.74. The number of fused-ring (bicyclic) bond motifs is 1. The summed E-state index contributed by atoms with van der Waals surface area (Å²) in [6, 6.07) is 1.70.